The second-order valence-corrected chi connectivity index (χ2v) is 6.05. The van der Waals surface area contributed by atoms with Crippen LogP contribution in [0.5, 0.6) is 0 Å². The molecule has 3 rings (SSSR count). The molecule has 5 heteroatoms. The second kappa shape index (κ2) is 6.41. The minimum atomic E-state index is -0.126. The summed E-state index contributed by atoms with van der Waals surface area (Å²) in [7, 11) is 0. The molecule has 20 heavy (non-hydrogen) atoms. The number of piperidine rings is 1. The predicted octanol–water partition coefficient (Wildman–Crippen LogP) is 1.22. The first kappa shape index (κ1) is 14.3. The number of likely N-dealkylation sites (tertiary alicyclic amines) is 1. The highest BCUT2D eigenvalue weighted by molar-refractivity contribution is 5.79. The molecule has 5 nitrogen and oxygen atoms in total. The Hall–Kier alpha value is -0.650. The highest BCUT2D eigenvalue weighted by atomic mass is 16.7. The quantitative estimate of drug-likeness (QED) is 0.760. The van der Waals surface area contributed by atoms with Crippen molar-refractivity contribution in [3.05, 3.63) is 0 Å². The molecule has 0 aromatic heterocycles. The van der Waals surface area contributed by atoms with Gasteiger partial charge in [0, 0.05) is 12.6 Å². The van der Waals surface area contributed by atoms with E-state index in [1.165, 1.54) is 25.7 Å². The first-order valence-corrected chi connectivity index (χ1v) is 8.06. The summed E-state index contributed by atoms with van der Waals surface area (Å²) in [5, 5.41) is 0. The van der Waals surface area contributed by atoms with E-state index < -0.39 is 0 Å². The Balaban J connectivity index is 1.59. The van der Waals surface area contributed by atoms with Gasteiger partial charge in [-0.25, -0.2) is 0 Å². The van der Waals surface area contributed by atoms with Crippen LogP contribution in [0, 0.1) is 0 Å². The molecule has 3 aliphatic rings. The summed E-state index contributed by atoms with van der Waals surface area (Å²) in [6.45, 7) is 5.80. The van der Waals surface area contributed by atoms with Crippen LogP contribution in [0.2, 0.25) is 0 Å². The van der Waals surface area contributed by atoms with E-state index in [9.17, 15) is 4.79 Å². The number of carbonyl (C=O) groups excluding carboxylic acids is 1. The average molecular weight is 282 g/mol. The van der Waals surface area contributed by atoms with Crippen molar-refractivity contribution in [2.24, 2.45) is 0 Å². The monoisotopic (exact) mass is 282 g/mol. The van der Waals surface area contributed by atoms with Crippen LogP contribution in [-0.4, -0.2) is 66.9 Å². The fourth-order valence-electron chi connectivity index (χ4n) is 3.41. The maximum absolute atomic E-state index is 12.5. The minimum Gasteiger partial charge on any atom is -0.349 e. The Morgan fingerprint density at radius 3 is 2.60 bits per heavy atom. The first-order valence-electron chi connectivity index (χ1n) is 8.06. The molecule has 1 aliphatic carbocycles. The van der Waals surface area contributed by atoms with E-state index in [2.05, 4.69) is 11.8 Å². The molecule has 1 saturated carbocycles. The molecule has 0 aromatic rings. The van der Waals surface area contributed by atoms with E-state index in [-0.39, 0.29) is 18.2 Å². The molecule has 114 valence electrons. The van der Waals surface area contributed by atoms with Crippen molar-refractivity contribution in [3.8, 4) is 0 Å². The van der Waals surface area contributed by atoms with Crippen LogP contribution in [-0.2, 0) is 14.3 Å². The second-order valence-electron chi connectivity index (χ2n) is 6.05. The van der Waals surface area contributed by atoms with Crippen LogP contribution in [0.1, 0.15) is 39.0 Å². The number of amides is 1. The molecule has 2 heterocycles. The van der Waals surface area contributed by atoms with Gasteiger partial charge >= 0.3 is 0 Å². The van der Waals surface area contributed by atoms with Crippen molar-refractivity contribution < 1.29 is 14.3 Å². The largest absolute Gasteiger partial charge is 0.349 e. The van der Waals surface area contributed by atoms with Gasteiger partial charge in [0.15, 0.2) is 6.29 Å². The Morgan fingerprint density at radius 2 is 1.95 bits per heavy atom. The molecular weight excluding hydrogens is 256 g/mol. The van der Waals surface area contributed by atoms with Crippen molar-refractivity contribution in [2.45, 2.75) is 57.4 Å². The van der Waals surface area contributed by atoms with Gasteiger partial charge in [-0.15, -0.1) is 0 Å². The highest BCUT2D eigenvalue weighted by Crippen LogP contribution is 2.28. The van der Waals surface area contributed by atoms with Crippen molar-refractivity contribution in [1.29, 1.82) is 0 Å². The summed E-state index contributed by atoms with van der Waals surface area (Å²) >= 11 is 0. The van der Waals surface area contributed by atoms with Gasteiger partial charge in [0.05, 0.1) is 25.8 Å². The van der Waals surface area contributed by atoms with Gasteiger partial charge in [-0.3, -0.25) is 9.69 Å². The number of nitrogens with zero attached hydrogens (tertiary/aromatic N) is 2. The van der Waals surface area contributed by atoms with Crippen LogP contribution in [0.3, 0.4) is 0 Å². The Bertz CT molecular complexity index is 340. The van der Waals surface area contributed by atoms with E-state index in [0.29, 0.717) is 25.8 Å². The van der Waals surface area contributed by atoms with Gasteiger partial charge in [-0.05, 0) is 39.2 Å². The number of hydrogen-bond acceptors (Lipinski definition) is 4. The van der Waals surface area contributed by atoms with Crippen LogP contribution >= 0.6 is 0 Å². The highest BCUT2D eigenvalue weighted by Gasteiger charge is 2.37. The summed E-state index contributed by atoms with van der Waals surface area (Å²) in [5.74, 6) is 0.278. The molecule has 0 aromatic carbocycles. The topological polar surface area (TPSA) is 42.0 Å². The van der Waals surface area contributed by atoms with E-state index in [4.69, 9.17) is 9.47 Å². The Morgan fingerprint density at radius 1 is 1.20 bits per heavy atom. The molecule has 0 bridgehead atoms. The van der Waals surface area contributed by atoms with E-state index in [1.54, 1.807) is 0 Å². The fraction of sp³-hybridized carbons (Fsp3) is 0.933. The lowest BCUT2D eigenvalue weighted by Crippen LogP contribution is -2.51. The summed E-state index contributed by atoms with van der Waals surface area (Å²) < 4.78 is 11.3. The Labute approximate surface area is 121 Å². The zero-order valence-corrected chi connectivity index (χ0v) is 12.4. The fourth-order valence-corrected chi connectivity index (χ4v) is 3.41. The molecule has 1 unspecified atom stereocenters. The third-order valence-corrected chi connectivity index (χ3v) is 4.61. The molecular formula is C15H26N2O3. The molecule has 0 radical (unpaired) electrons. The molecule has 3 fully saturated rings. The number of carbonyl (C=O) groups is 1. The zero-order chi connectivity index (χ0) is 13.9. The van der Waals surface area contributed by atoms with Crippen LogP contribution in [0.25, 0.3) is 0 Å². The number of rotatable bonds is 5. The Kier molecular flexibility index (Phi) is 4.58. The lowest BCUT2D eigenvalue weighted by molar-refractivity contribution is -0.140. The SMILES string of the molecule is CCN(C(=O)CN1CCCCC1C1OCCO1)C1CC1. The van der Waals surface area contributed by atoms with Crippen LogP contribution in [0.15, 0.2) is 0 Å². The molecule has 2 aliphatic heterocycles. The van der Waals surface area contributed by atoms with Crippen molar-refractivity contribution in [1.82, 2.24) is 9.80 Å². The first-order chi connectivity index (χ1) is 9.79. The third-order valence-electron chi connectivity index (χ3n) is 4.61. The summed E-state index contributed by atoms with van der Waals surface area (Å²) in [5.41, 5.74) is 0. The smallest absolute Gasteiger partial charge is 0.237 e. The summed E-state index contributed by atoms with van der Waals surface area (Å²) in [4.78, 5) is 16.8. The molecule has 2 saturated heterocycles. The lowest BCUT2D eigenvalue weighted by atomic mass is 10.0. The normalized spacial score (nSPS) is 28.8. The van der Waals surface area contributed by atoms with Gasteiger partial charge in [0.1, 0.15) is 0 Å². The minimum absolute atomic E-state index is 0.126. The van der Waals surface area contributed by atoms with E-state index in [1.807, 2.05) is 4.90 Å². The average Bonchev–Trinajstić information content (AvgIpc) is 3.14. The van der Waals surface area contributed by atoms with Gasteiger partial charge in [-0.1, -0.05) is 6.42 Å². The maximum atomic E-state index is 12.5. The number of ether oxygens (including phenoxy) is 2. The summed E-state index contributed by atoms with van der Waals surface area (Å²) in [6, 6.07) is 0.767. The van der Waals surface area contributed by atoms with Crippen molar-refractivity contribution in [2.75, 3.05) is 32.8 Å². The predicted molar refractivity (Wildman–Crippen MR) is 75.3 cm³/mol. The zero-order valence-electron chi connectivity index (χ0n) is 12.4. The standard InChI is InChI=1S/C15H26N2O3/c1-2-17(12-6-7-12)14(18)11-16-8-4-3-5-13(16)15-19-9-10-20-15/h12-13,15H,2-11H2,1H3. The number of likely N-dealkylation sites (N-methyl/N-ethyl adjacent to an activating group) is 1. The van der Waals surface area contributed by atoms with E-state index in [0.717, 1.165) is 19.5 Å². The van der Waals surface area contributed by atoms with Crippen LogP contribution in [0.4, 0.5) is 0 Å². The third kappa shape index (κ3) is 3.15. The summed E-state index contributed by atoms with van der Waals surface area (Å²) in [6.07, 6.45) is 5.69. The van der Waals surface area contributed by atoms with Gasteiger partial charge in [0.25, 0.3) is 0 Å². The maximum Gasteiger partial charge on any atom is 0.237 e. The number of hydrogen-bond donors (Lipinski definition) is 0. The van der Waals surface area contributed by atoms with Gasteiger partial charge in [0.2, 0.25) is 5.91 Å². The van der Waals surface area contributed by atoms with Gasteiger partial charge in [-0.2, -0.15) is 0 Å². The van der Waals surface area contributed by atoms with E-state index >= 15 is 0 Å². The molecule has 1 atom stereocenters. The van der Waals surface area contributed by atoms with Crippen molar-refractivity contribution >= 4 is 5.91 Å². The molecule has 1 amide bonds. The molecule has 0 spiro atoms. The lowest BCUT2D eigenvalue weighted by Gasteiger charge is -2.38. The van der Waals surface area contributed by atoms with Gasteiger partial charge < -0.3 is 14.4 Å². The van der Waals surface area contributed by atoms with Crippen LogP contribution < -0.4 is 0 Å². The van der Waals surface area contributed by atoms with Crippen molar-refractivity contribution in [3.63, 3.8) is 0 Å². The molecule has 0 N–H and O–H groups in total.